The van der Waals surface area contributed by atoms with E-state index in [9.17, 15) is 9.59 Å². The highest BCUT2D eigenvalue weighted by Crippen LogP contribution is 2.16. The van der Waals surface area contributed by atoms with E-state index in [1.165, 1.54) is 0 Å². The third-order valence-corrected chi connectivity index (χ3v) is 3.69. The lowest BCUT2D eigenvalue weighted by Gasteiger charge is -2.11. The van der Waals surface area contributed by atoms with E-state index < -0.39 is 0 Å². The van der Waals surface area contributed by atoms with Crippen molar-refractivity contribution < 1.29 is 14.3 Å². The van der Waals surface area contributed by atoms with E-state index in [1.54, 1.807) is 31.4 Å². The zero-order valence-electron chi connectivity index (χ0n) is 14.7. The summed E-state index contributed by atoms with van der Waals surface area (Å²) in [5.41, 5.74) is 3.39. The Bertz CT molecular complexity index is 742. The Balaban J connectivity index is 1.73. The molecule has 0 aliphatic carbocycles. The maximum absolute atomic E-state index is 12.0. The van der Waals surface area contributed by atoms with Gasteiger partial charge in [0.1, 0.15) is 5.75 Å². The van der Waals surface area contributed by atoms with Crippen LogP contribution in [0.25, 0.3) is 0 Å². The summed E-state index contributed by atoms with van der Waals surface area (Å²) in [5.74, 6) is 0.501. The number of hydrogen-bond donors (Lipinski definition) is 3. The number of urea groups is 1. The second-order valence-electron chi connectivity index (χ2n) is 5.68. The number of anilines is 1. The van der Waals surface area contributed by atoms with Crippen LogP contribution >= 0.6 is 0 Å². The second kappa shape index (κ2) is 8.73. The Morgan fingerprint density at radius 3 is 2.32 bits per heavy atom. The molecular weight excluding hydrogens is 318 g/mol. The van der Waals surface area contributed by atoms with Crippen molar-refractivity contribution in [2.45, 2.75) is 13.8 Å². The minimum absolute atomic E-state index is 0.195. The predicted molar refractivity (Wildman–Crippen MR) is 98.3 cm³/mol. The summed E-state index contributed by atoms with van der Waals surface area (Å²) in [5, 5.41) is 8.28. The molecule has 3 N–H and O–H groups in total. The van der Waals surface area contributed by atoms with Crippen molar-refractivity contribution in [3.8, 4) is 5.75 Å². The van der Waals surface area contributed by atoms with E-state index in [0.29, 0.717) is 24.4 Å². The third kappa shape index (κ3) is 5.53. The molecule has 0 fully saturated rings. The standard InChI is InChI=1S/C19H23N3O3/c1-13-4-5-14(2)17(12-13)22-19(24)21-11-10-20-18(23)15-6-8-16(25-3)9-7-15/h4-9,12H,10-11H2,1-3H3,(H,20,23)(H2,21,22,24). The van der Waals surface area contributed by atoms with Crippen LogP contribution in [0.3, 0.4) is 0 Å². The lowest BCUT2D eigenvalue weighted by molar-refractivity contribution is 0.0954. The lowest BCUT2D eigenvalue weighted by Crippen LogP contribution is -2.36. The lowest BCUT2D eigenvalue weighted by atomic mass is 10.1. The molecule has 0 heterocycles. The van der Waals surface area contributed by atoms with Gasteiger partial charge in [0, 0.05) is 24.3 Å². The molecule has 3 amide bonds. The van der Waals surface area contributed by atoms with Crippen LogP contribution in [0.4, 0.5) is 10.5 Å². The second-order valence-corrected chi connectivity index (χ2v) is 5.68. The minimum atomic E-state index is -0.299. The van der Waals surface area contributed by atoms with Gasteiger partial charge in [-0.3, -0.25) is 4.79 Å². The van der Waals surface area contributed by atoms with Crippen LogP contribution in [-0.4, -0.2) is 32.1 Å². The third-order valence-electron chi connectivity index (χ3n) is 3.69. The van der Waals surface area contributed by atoms with Gasteiger partial charge in [-0.2, -0.15) is 0 Å². The van der Waals surface area contributed by atoms with Gasteiger partial charge >= 0.3 is 6.03 Å². The number of nitrogens with one attached hydrogen (secondary N) is 3. The fourth-order valence-corrected chi connectivity index (χ4v) is 2.23. The Labute approximate surface area is 147 Å². The van der Waals surface area contributed by atoms with Crippen LogP contribution in [0, 0.1) is 13.8 Å². The van der Waals surface area contributed by atoms with Crippen molar-refractivity contribution in [2.75, 3.05) is 25.5 Å². The average molecular weight is 341 g/mol. The van der Waals surface area contributed by atoms with Gasteiger partial charge in [0.15, 0.2) is 0 Å². The molecule has 0 saturated heterocycles. The Hall–Kier alpha value is -3.02. The summed E-state index contributed by atoms with van der Waals surface area (Å²) in [4.78, 5) is 23.9. The zero-order valence-corrected chi connectivity index (χ0v) is 14.7. The predicted octanol–water partition coefficient (Wildman–Crippen LogP) is 2.86. The summed E-state index contributed by atoms with van der Waals surface area (Å²) in [7, 11) is 1.57. The van der Waals surface area contributed by atoms with Gasteiger partial charge in [0.25, 0.3) is 5.91 Å². The molecule has 0 aliphatic heterocycles. The molecule has 6 heteroatoms. The fraction of sp³-hybridized carbons (Fsp3) is 0.263. The van der Waals surface area contributed by atoms with Gasteiger partial charge in [-0.25, -0.2) is 4.79 Å². The number of carbonyl (C=O) groups excluding carboxylic acids is 2. The number of benzene rings is 2. The van der Waals surface area contributed by atoms with Crippen molar-refractivity contribution in [1.82, 2.24) is 10.6 Å². The highest BCUT2D eigenvalue weighted by molar-refractivity contribution is 5.94. The Morgan fingerprint density at radius 1 is 0.960 bits per heavy atom. The van der Waals surface area contributed by atoms with Crippen molar-refractivity contribution in [3.05, 3.63) is 59.2 Å². The maximum Gasteiger partial charge on any atom is 0.319 e. The summed E-state index contributed by atoms with van der Waals surface area (Å²) in [6.07, 6.45) is 0. The van der Waals surface area contributed by atoms with Crippen molar-refractivity contribution in [3.63, 3.8) is 0 Å². The fourth-order valence-electron chi connectivity index (χ4n) is 2.23. The average Bonchev–Trinajstić information content (AvgIpc) is 2.61. The van der Waals surface area contributed by atoms with Crippen molar-refractivity contribution in [2.24, 2.45) is 0 Å². The van der Waals surface area contributed by atoms with E-state index >= 15 is 0 Å². The van der Waals surface area contributed by atoms with Gasteiger partial charge in [0.05, 0.1) is 7.11 Å². The first-order valence-electron chi connectivity index (χ1n) is 8.04. The molecule has 0 aromatic heterocycles. The van der Waals surface area contributed by atoms with Crippen LogP contribution in [0.15, 0.2) is 42.5 Å². The first kappa shape index (κ1) is 18.3. The topological polar surface area (TPSA) is 79.5 Å². The number of amides is 3. The molecule has 0 saturated carbocycles. The molecule has 0 bridgehead atoms. The molecule has 132 valence electrons. The number of carbonyl (C=O) groups is 2. The largest absolute Gasteiger partial charge is 0.497 e. The van der Waals surface area contributed by atoms with Crippen LogP contribution in [0.1, 0.15) is 21.5 Å². The summed E-state index contributed by atoms with van der Waals surface area (Å²) in [6, 6.07) is 12.4. The zero-order chi connectivity index (χ0) is 18.2. The van der Waals surface area contributed by atoms with Crippen LogP contribution in [0.2, 0.25) is 0 Å². The Morgan fingerprint density at radius 2 is 1.64 bits per heavy atom. The molecule has 0 atom stereocenters. The summed E-state index contributed by atoms with van der Waals surface area (Å²) < 4.78 is 5.05. The van der Waals surface area contributed by atoms with Crippen LogP contribution < -0.4 is 20.7 Å². The molecule has 0 radical (unpaired) electrons. The van der Waals surface area contributed by atoms with Crippen molar-refractivity contribution >= 4 is 17.6 Å². The molecule has 25 heavy (non-hydrogen) atoms. The van der Waals surface area contributed by atoms with E-state index in [-0.39, 0.29) is 11.9 Å². The van der Waals surface area contributed by atoms with Gasteiger partial charge in [-0.05, 0) is 55.3 Å². The van der Waals surface area contributed by atoms with E-state index in [0.717, 1.165) is 16.8 Å². The van der Waals surface area contributed by atoms with Gasteiger partial charge < -0.3 is 20.7 Å². The molecular formula is C19H23N3O3. The SMILES string of the molecule is COc1ccc(C(=O)NCCNC(=O)Nc2cc(C)ccc2C)cc1. The number of aryl methyl sites for hydroxylation is 2. The monoisotopic (exact) mass is 341 g/mol. The van der Waals surface area contributed by atoms with Crippen molar-refractivity contribution in [1.29, 1.82) is 0 Å². The number of ether oxygens (including phenoxy) is 1. The Kier molecular flexibility index (Phi) is 6.39. The first-order chi connectivity index (χ1) is 12.0. The minimum Gasteiger partial charge on any atom is -0.497 e. The smallest absolute Gasteiger partial charge is 0.319 e. The number of rotatable bonds is 6. The van der Waals surface area contributed by atoms with Gasteiger partial charge in [-0.15, -0.1) is 0 Å². The van der Waals surface area contributed by atoms with Gasteiger partial charge in [-0.1, -0.05) is 12.1 Å². The van der Waals surface area contributed by atoms with Crippen LogP contribution in [0.5, 0.6) is 5.75 Å². The van der Waals surface area contributed by atoms with Gasteiger partial charge in [0.2, 0.25) is 0 Å². The highest BCUT2D eigenvalue weighted by Gasteiger charge is 2.06. The van der Waals surface area contributed by atoms with E-state index in [2.05, 4.69) is 16.0 Å². The van der Waals surface area contributed by atoms with E-state index in [4.69, 9.17) is 4.74 Å². The molecule has 6 nitrogen and oxygen atoms in total. The number of hydrogen-bond acceptors (Lipinski definition) is 3. The molecule has 2 aromatic rings. The quantitative estimate of drug-likeness (QED) is 0.707. The first-order valence-corrected chi connectivity index (χ1v) is 8.04. The summed E-state index contributed by atoms with van der Waals surface area (Å²) in [6.45, 7) is 4.57. The molecule has 0 unspecified atom stereocenters. The molecule has 2 aromatic carbocycles. The highest BCUT2D eigenvalue weighted by atomic mass is 16.5. The number of methoxy groups -OCH3 is 1. The normalized spacial score (nSPS) is 10.0. The van der Waals surface area contributed by atoms with E-state index in [1.807, 2.05) is 32.0 Å². The van der Waals surface area contributed by atoms with Crippen LogP contribution in [-0.2, 0) is 0 Å². The molecule has 2 rings (SSSR count). The maximum atomic E-state index is 12.0. The molecule has 0 aliphatic rings. The summed E-state index contributed by atoms with van der Waals surface area (Å²) >= 11 is 0. The molecule has 0 spiro atoms.